The third-order valence-corrected chi connectivity index (χ3v) is 15.3. The number of benzene rings is 2. The van der Waals surface area contributed by atoms with Gasteiger partial charge in [0.2, 0.25) is 17.8 Å². The summed E-state index contributed by atoms with van der Waals surface area (Å²) >= 11 is 3.29. The molecule has 2 saturated heterocycles. The largest absolute Gasteiger partial charge is 0.507 e. The summed E-state index contributed by atoms with van der Waals surface area (Å²) in [5.74, 6) is 0.0520. The number of aliphatic hydroxyl groups is 1. The zero-order valence-electron chi connectivity index (χ0n) is 37.6. The second-order valence-corrected chi connectivity index (χ2v) is 19.6. The van der Waals surface area contributed by atoms with E-state index in [-0.39, 0.29) is 42.5 Å². The SMILES string of the molecule is Cc1ncsc1-c1ccc([C@H](C)NC(=O)[C@@H]2C[C@@H](O)CN2C(=O)[C@@H](c2cc(-c3c(C)nc(N4CCC(c5sc6nnc(-c7ccccc7O)cc6c5C)CC4)nc3C)no2)C(C)C)cc1. The molecular formula is C49H53N9O5S2. The van der Waals surface area contributed by atoms with Gasteiger partial charge < -0.3 is 29.9 Å². The van der Waals surface area contributed by atoms with Crippen molar-refractivity contribution in [3.63, 3.8) is 0 Å². The van der Waals surface area contributed by atoms with E-state index in [1.807, 2.05) is 89.5 Å². The number of amides is 2. The van der Waals surface area contributed by atoms with E-state index in [2.05, 4.69) is 37.5 Å². The first kappa shape index (κ1) is 44.1. The smallest absolute Gasteiger partial charge is 0.243 e. The molecule has 4 atom stereocenters. The van der Waals surface area contributed by atoms with Crippen LogP contribution in [0.2, 0.25) is 0 Å². The Bertz CT molecular complexity index is 2860. The number of para-hydroxylation sites is 1. The van der Waals surface area contributed by atoms with Gasteiger partial charge in [-0.3, -0.25) is 9.59 Å². The molecule has 0 spiro atoms. The van der Waals surface area contributed by atoms with Crippen molar-refractivity contribution in [1.29, 1.82) is 0 Å². The molecule has 14 nitrogen and oxygen atoms in total. The van der Waals surface area contributed by atoms with E-state index in [0.717, 1.165) is 74.8 Å². The van der Waals surface area contributed by atoms with E-state index in [9.17, 15) is 19.8 Å². The minimum absolute atomic E-state index is 0.0449. The Hall–Kier alpha value is -6.10. The number of thiophene rings is 1. The van der Waals surface area contributed by atoms with Crippen molar-refractivity contribution in [3.05, 3.63) is 105 Å². The molecule has 2 fully saturated rings. The number of thiazole rings is 1. The van der Waals surface area contributed by atoms with Gasteiger partial charge >= 0.3 is 0 Å². The van der Waals surface area contributed by atoms with Crippen molar-refractivity contribution < 1.29 is 24.3 Å². The zero-order valence-corrected chi connectivity index (χ0v) is 39.2. The molecule has 9 rings (SSSR count). The number of carbonyl (C=O) groups excluding carboxylic acids is 2. The minimum Gasteiger partial charge on any atom is -0.507 e. The number of β-amino-alcohol motifs (C(OH)–C–C–N with tert-alkyl or cyclic N) is 1. The van der Waals surface area contributed by atoms with Crippen LogP contribution in [0, 0.1) is 33.6 Å². The van der Waals surface area contributed by atoms with Gasteiger partial charge in [-0.1, -0.05) is 55.4 Å². The maximum atomic E-state index is 14.4. The van der Waals surface area contributed by atoms with E-state index in [1.54, 1.807) is 40.9 Å². The molecule has 7 aromatic rings. The Labute approximate surface area is 385 Å². The van der Waals surface area contributed by atoms with Crippen molar-refractivity contribution in [1.82, 2.24) is 40.5 Å². The Morgan fingerprint density at radius 3 is 2.31 bits per heavy atom. The number of aromatic hydroxyl groups is 1. The first-order valence-corrected chi connectivity index (χ1v) is 23.9. The first-order chi connectivity index (χ1) is 31.2. The number of anilines is 1. The predicted molar refractivity (Wildman–Crippen MR) is 253 cm³/mol. The average molecular weight is 912 g/mol. The summed E-state index contributed by atoms with van der Waals surface area (Å²) in [6.45, 7) is 15.4. The second-order valence-electron chi connectivity index (χ2n) is 17.7. The lowest BCUT2D eigenvalue weighted by atomic mass is 9.90. The molecule has 0 bridgehead atoms. The second kappa shape index (κ2) is 18.1. The summed E-state index contributed by atoms with van der Waals surface area (Å²) in [5.41, 5.74) is 10.1. The highest BCUT2D eigenvalue weighted by atomic mass is 32.1. The molecule has 65 heavy (non-hydrogen) atoms. The van der Waals surface area contributed by atoms with Crippen LogP contribution in [0.25, 0.3) is 43.2 Å². The van der Waals surface area contributed by atoms with Gasteiger partial charge in [-0.2, -0.15) is 0 Å². The number of aromatic nitrogens is 6. The Balaban J connectivity index is 0.863. The van der Waals surface area contributed by atoms with Crippen LogP contribution in [-0.4, -0.2) is 89.0 Å². The number of nitrogens with zero attached hydrogens (tertiary/aromatic N) is 8. The highest BCUT2D eigenvalue weighted by molar-refractivity contribution is 7.19. The van der Waals surface area contributed by atoms with Gasteiger partial charge in [0.25, 0.3) is 0 Å². The lowest BCUT2D eigenvalue weighted by molar-refractivity contribution is -0.141. The molecule has 2 aliphatic heterocycles. The first-order valence-electron chi connectivity index (χ1n) is 22.2. The van der Waals surface area contributed by atoms with E-state index in [1.165, 1.54) is 15.3 Å². The molecule has 0 saturated carbocycles. The summed E-state index contributed by atoms with van der Waals surface area (Å²) in [5, 5.41) is 38.8. The van der Waals surface area contributed by atoms with Crippen molar-refractivity contribution in [2.24, 2.45) is 5.92 Å². The fraction of sp³-hybridized carbons (Fsp3) is 0.388. The topological polar surface area (TPSA) is 184 Å². The number of carbonyl (C=O) groups is 2. The molecule has 0 radical (unpaired) electrons. The summed E-state index contributed by atoms with van der Waals surface area (Å²) in [6, 6.07) is 17.9. The van der Waals surface area contributed by atoms with E-state index in [4.69, 9.17) is 14.5 Å². The number of phenolic OH excluding ortho intramolecular Hbond substituents is 1. The van der Waals surface area contributed by atoms with Crippen LogP contribution in [0.15, 0.2) is 70.7 Å². The summed E-state index contributed by atoms with van der Waals surface area (Å²) in [7, 11) is 0. The molecule has 2 aromatic carbocycles. The van der Waals surface area contributed by atoms with Crippen LogP contribution in [0.1, 0.15) is 96.8 Å². The van der Waals surface area contributed by atoms with Crippen LogP contribution < -0.4 is 10.2 Å². The maximum Gasteiger partial charge on any atom is 0.243 e. The van der Waals surface area contributed by atoms with E-state index < -0.39 is 18.1 Å². The number of aryl methyl sites for hydroxylation is 4. The molecule has 16 heteroatoms. The Kier molecular flexibility index (Phi) is 12.3. The van der Waals surface area contributed by atoms with Crippen LogP contribution >= 0.6 is 22.7 Å². The number of hydrogen-bond acceptors (Lipinski definition) is 14. The van der Waals surface area contributed by atoms with Gasteiger partial charge in [0, 0.05) is 53.5 Å². The molecule has 2 amide bonds. The van der Waals surface area contributed by atoms with Crippen molar-refractivity contribution >= 4 is 50.7 Å². The number of fused-ring (bicyclic) bond motifs is 1. The molecule has 3 N–H and O–H groups in total. The summed E-state index contributed by atoms with van der Waals surface area (Å²) < 4.78 is 5.94. The van der Waals surface area contributed by atoms with Gasteiger partial charge in [0.05, 0.1) is 45.3 Å². The van der Waals surface area contributed by atoms with Gasteiger partial charge in [0.15, 0.2) is 0 Å². The third kappa shape index (κ3) is 8.62. The van der Waals surface area contributed by atoms with Crippen LogP contribution in [0.3, 0.4) is 0 Å². The minimum atomic E-state index is -0.842. The molecule has 336 valence electrons. The van der Waals surface area contributed by atoms with Crippen LogP contribution in [-0.2, 0) is 9.59 Å². The molecule has 7 heterocycles. The molecule has 0 unspecified atom stereocenters. The quantitative estimate of drug-likeness (QED) is 0.112. The maximum absolute atomic E-state index is 14.4. The van der Waals surface area contributed by atoms with Gasteiger partial charge in [-0.15, -0.1) is 32.9 Å². The number of nitrogens with one attached hydrogen (secondary N) is 1. The molecular weight excluding hydrogens is 859 g/mol. The van der Waals surface area contributed by atoms with Crippen molar-refractivity contribution in [2.75, 3.05) is 24.5 Å². The fourth-order valence-corrected chi connectivity index (χ4v) is 11.6. The van der Waals surface area contributed by atoms with Gasteiger partial charge in [-0.25, -0.2) is 15.0 Å². The zero-order chi connectivity index (χ0) is 45.7. The van der Waals surface area contributed by atoms with Crippen molar-refractivity contribution in [3.8, 4) is 38.7 Å². The number of piperidine rings is 1. The highest BCUT2D eigenvalue weighted by Gasteiger charge is 2.43. The summed E-state index contributed by atoms with van der Waals surface area (Å²) in [4.78, 5) is 49.6. The third-order valence-electron chi connectivity index (χ3n) is 13.0. The van der Waals surface area contributed by atoms with E-state index >= 15 is 0 Å². The monoisotopic (exact) mass is 911 g/mol. The Morgan fingerprint density at radius 1 is 0.908 bits per heavy atom. The fourth-order valence-electron chi connectivity index (χ4n) is 9.47. The molecule has 2 aliphatic rings. The van der Waals surface area contributed by atoms with E-state index in [0.29, 0.717) is 34.6 Å². The highest BCUT2D eigenvalue weighted by Crippen LogP contribution is 2.42. The number of phenols is 1. The van der Waals surface area contributed by atoms with Gasteiger partial charge in [-0.05, 0) is 94.2 Å². The van der Waals surface area contributed by atoms with Crippen molar-refractivity contribution in [2.45, 2.75) is 97.8 Å². The standard InChI is InChI=1S/C49H53N9O5S2/c1-25(2)42(48(62)58-23-34(59)20-39(58)46(61)51-27(4)31-12-14-32(15-13-31)45-30(7)50-24-64-45)41-22-38(56-63-41)43-28(5)52-49(53-29(43)6)57-18-16-33(17-19-57)44-26(3)36-21-37(54-55-47(36)65-44)35-10-8-9-11-40(35)60/h8-15,21-22,24-25,27,33-34,39,42,59-60H,16-20,23H2,1-7H3,(H,51,61)/t27-,34+,39-,42+/m0/s1. The number of likely N-dealkylation sites (tertiary alicyclic amines) is 1. The number of rotatable bonds is 11. The molecule has 5 aromatic heterocycles. The lowest BCUT2D eigenvalue weighted by Crippen LogP contribution is -2.48. The lowest BCUT2D eigenvalue weighted by Gasteiger charge is -2.32. The van der Waals surface area contributed by atoms with Crippen LogP contribution in [0.5, 0.6) is 5.75 Å². The molecule has 0 aliphatic carbocycles. The Morgan fingerprint density at radius 2 is 1.63 bits per heavy atom. The normalized spacial score (nSPS) is 17.9. The van der Waals surface area contributed by atoms with Gasteiger partial charge in [0.1, 0.15) is 34.0 Å². The average Bonchev–Trinajstić information content (AvgIpc) is 4.10. The number of hydrogen-bond donors (Lipinski definition) is 3. The van der Waals surface area contributed by atoms with Crippen LogP contribution in [0.4, 0.5) is 5.95 Å². The predicted octanol–water partition coefficient (Wildman–Crippen LogP) is 8.83. The summed E-state index contributed by atoms with van der Waals surface area (Å²) in [6.07, 6.45) is 1.18. The number of aliphatic hydroxyl groups excluding tert-OH is 1.